The maximum atomic E-state index is 11.9. The Morgan fingerprint density at radius 3 is 2.69 bits per heavy atom. The summed E-state index contributed by atoms with van der Waals surface area (Å²) in [5.41, 5.74) is 5.27. The zero-order valence-electron chi connectivity index (χ0n) is 10.2. The van der Waals surface area contributed by atoms with Gasteiger partial charge < -0.3 is 16.4 Å². The molecule has 0 saturated carbocycles. The summed E-state index contributed by atoms with van der Waals surface area (Å²) < 4.78 is 0. The van der Waals surface area contributed by atoms with Gasteiger partial charge in [-0.15, -0.1) is 0 Å². The monoisotopic (exact) mass is 227 g/mol. The second kappa shape index (κ2) is 4.82. The molecule has 4 N–H and O–H groups in total. The molecule has 2 atom stereocenters. The fourth-order valence-corrected chi connectivity index (χ4v) is 1.61. The van der Waals surface area contributed by atoms with E-state index in [9.17, 15) is 9.59 Å². The van der Waals surface area contributed by atoms with Gasteiger partial charge in [-0.25, -0.2) is 0 Å². The summed E-state index contributed by atoms with van der Waals surface area (Å²) >= 11 is 0. The number of rotatable bonds is 4. The van der Waals surface area contributed by atoms with E-state index >= 15 is 0 Å². The third kappa shape index (κ3) is 2.72. The largest absolute Gasteiger partial charge is 0.348 e. The minimum atomic E-state index is -0.412. The maximum Gasteiger partial charge on any atom is 0.243 e. The van der Waals surface area contributed by atoms with E-state index in [1.807, 2.05) is 20.8 Å². The molecule has 5 heteroatoms. The first-order chi connectivity index (χ1) is 7.39. The van der Waals surface area contributed by atoms with Gasteiger partial charge in [-0.3, -0.25) is 9.59 Å². The van der Waals surface area contributed by atoms with E-state index in [4.69, 9.17) is 5.73 Å². The van der Waals surface area contributed by atoms with Gasteiger partial charge in [-0.05, 0) is 19.3 Å². The lowest BCUT2D eigenvalue weighted by Gasteiger charge is -2.34. The fourth-order valence-electron chi connectivity index (χ4n) is 1.61. The van der Waals surface area contributed by atoms with Crippen molar-refractivity contribution in [3.8, 4) is 0 Å². The number of carbonyl (C=O) groups excluding carboxylic acids is 2. The molecular formula is C11H21N3O2. The van der Waals surface area contributed by atoms with Crippen molar-refractivity contribution in [1.29, 1.82) is 0 Å². The highest BCUT2D eigenvalue weighted by atomic mass is 16.2. The van der Waals surface area contributed by atoms with Crippen molar-refractivity contribution in [3.63, 3.8) is 0 Å². The zero-order chi connectivity index (χ0) is 12.3. The second-order valence-electron chi connectivity index (χ2n) is 4.92. The molecule has 1 rings (SSSR count). The van der Waals surface area contributed by atoms with Crippen LogP contribution in [0.4, 0.5) is 0 Å². The van der Waals surface area contributed by atoms with Crippen LogP contribution in [-0.4, -0.2) is 29.9 Å². The lowest BCUT2D eigenvalue weighted by atomic mass is 9.88. The molecule has 1 unspecified atom stereocenters. The van der Waals surface area contributed by atoms with Gasteiger partial charge in [0.25, 0.3) is 0 Å². The smallest absolute Gasteiger partial charge is 0.243 e. The minimum absolute atomic E-state index is 0.0563. The van der Waals surface area contributed by atoms with Crippen LogP contribution in [0.15, 0.2) is 0 Å². The van der Waals surface area contributed by atoms with Gasteiger partial charge in [0.2, 0.25) is 11.8 Å². The maximum absolute atomic E-state index is 11.9. The van der Waals surface area contributed by atoms with Crippen LogP contribution < -0.4 is 16.4 Å². The highest BCUT2D eigenvalue weighted by molar-refractivity contribution is 5.91. The molecule has 0 radical (unpaired) electrons. The Hall–Kier alpha value is -1.10. The van der Waals surface area contributed by atoms with E-state index in [0.717, 1.165) is 0 Å². The van der Waals surface area contributed by atoms with E-state index in [0.29, 0.717) is 19.4 Å². The van der Waals surface area contributed by atoms with Gasteiger partial charge in [-0.2, -0.15) is 0 Å². The average Bonchev–Trinajstić information content (AvgIpc) is 2.64. The molecule has 16 heavy (non-hydrogen) atoms. The molecule has 0 aromatic heterocycles. The van der Waals surface area contributed by atoms with Gasteiger partial charge in [0.15, 0.2) is 0 Å². The Balaban J connectivity index is 2.59. The first-order valence-corrected chi connectivity index (χ1v) is 5.70. The Bertz CT molecular complexity index is 291. The standard InChI is InChI=1S/C11H21N3O2/c1-7(2)11(3,6-12)14-10(16)8-4-5-9(15)13-8/h7-8H,4-6,12H2,1-3H3,(H,13,15)(H,14,16)/t8-,11?/m1/s1. The van der Waals surface area contributed by atoms with E-state index < -0.39 is 11.6 Å². The van der Waals surface area contributed by atoms with Crippen LogP contribution in [0.3, 0.4) is 0 Å². The van der Waals surface area contributed by atoms with Gasteiger partial charge >= 0.3 is 0 Å². The van der Waals surface area contributed by atoms with Gasteiger partial charge in [0, 0.05) is 13.0 Å². The molecule has 5 nitrogen and oxygen atoms in total. The van der Waals surface area contributed by atoms with Gasteiger partial charge in [-0.1, -0.05) is 13.8 Å². The van der Waals surface area contributed by atoms with E-state index in [2.05, 4.69) is 10.6 Å². The van der Waals surface area contributed by atoms with E-state index in [1.54, 1.807) is 0 Å². The summed E-state index contributed by atoms with van der Waals surface area (Å²) in [7, 11) is 0. The van der Waals surface area contributed by atoms with E-state index in [-0.39, 0.29) is 17.7 Å². The normalized spacial score (nSPS) is 24.1. The molecule has 1 heterocycles. The molecule has 0 aromatic carbocycles. The molecule has 1 fully saturated rings. The number of nitrogens with two attached hydrogens (primary N) is 1. The van der Waals surface area contributed by atoms with E-state index in [1.165, 1.54) is 0 Å². The molecule has 92 valence electrons. The van der Waals surface area contributed by atoms with Crippen LogP contribution >= 0.6 is 0 Å². The third-order valence-corrected chi connectivity index (χ3v) is 3.42. The first kappa shape index (κ1) is 13.0. The van der Waals surface area contributed by atoms with Crippen molar-refractivity contribution in [1.82, 2.24) is 10.6 Å². The van der Waals surface area contributed by atoms with Crippen molar-refractivity contribution < 1.29 is 9.59 Å². The lowest BCUT2D eigenvalue weighted by Crippen LogP contribution is -2.58. The third-order valence-electron chi connectivity index (χ3n) is 3.42. The van der Waals surface area contributed by atoms with Crippen molar-refractivity contribution in [2.75, 3.05) is 6.54 Å². The SMILES string of the molecule is CC(C)C(C)(CN)NC(=O)[C@H]1CCC(=O)N1. The van der Waals surface area contributed by atoms with Crippen molar-refractivity contribution >= 4 is 11.8 Å². The average molecular weight is 227 g/mol. The second-order valence-corrected chi connectivity index (χ2v) is 4.92. The topological polar surface area (TPSA) is 84.2 Å². The zero-order valence-corrected chi connectivity index (χ0v) is 10.2. The van der Waals surface area contributed by atoms with Crippen molar-refractivity contribution in [2.24, 2.45) is 11.7 Å². The summed E-state index contributed by atoms with van der Waals surface area (Å²) in [4.78, 5) is 22.9. The predicted octanol–water partition coefficient (Wildman–Crippen LogP) is -0.245. The molecule has 0 bridgehead atoms. The molecule has 0 spiro atoms. The molecular weight excluding hydrogens is 206 g/mol. The molecule has 1 aliphatic heterocycles. The van der Waals surface area contributed by atoms with Gasteiger partial charge in [0.1, 0.15) is 6.04 Å². The fraction of sp³-hybridized carbons (Fsp3) is 0.818. The van der Waals surface area contributed by atoms with Crippen LogP contribution in [0.2, 0.25) is 0 Å². The number of hydrogen-bond donors (Lipinski definition) is 3. The van der Waals surface area contributed by atoms with Crippen molar-refractivity contribution in [3.05, 3.63) is 0 Å². The highest BCUT2D eigenvalue weighted by Crippen LogP contribution is 2.16. The predicted molar refractivity (Wildman–Crippen MR) is 61.6 cm³/mol. The van der Waals surface area contributed by atoms with Crippen LogP contribution in [0, 0.1) is 5.92 Å². The first-order valence-electron chi connectivity index (χ1n) is 5.70. The lowest BCUT2D eigenvalue weighted by molar-refractivity contribution is -0.127. The number of carbonyl (C=O) groups is 2. The van der Waals surface area contributed by atoms with Crippen LogP contribution in [0.1, 0.15) is 33.6 Å². The summed E-state index contributed by atoms with van der Waals surface area (Å²) in [5, 5.41) is 5.57. The summed E-state index contributed by atoms with van der Waals surface area (Å²) in [5.74, 6) is 0.0604. The molecule has 1 aliphatic rings. The number of hydrogen-bond acceptors (Lipinski definition) is 3. The minimum Gasteiger partial charge on any atom is -0.348 e. The Morgan fingerprint density at radius 1 is 1.69 bits per heavy atom. The molecule has 0 aliphatic carbocycles. The van der Waals surface area contributed by atoms with Crippen molar-refractivity contribution in [2.45, 2.75) is 45.2 Å². The number of amides is 2. The number of nitrogens with one attached hydrogen (secondary N) is 2. The van der Waals surface area contributed by atoms with Crippen LogP contribution in [0.5, 0.6) is 0 Å². The molecule has 0 aromatic rings. The van der Waals surface area contributed by atoms with Gasteiger partial charge in [0.05, 0.1) is 5.54 Å². The summed E-state index contributed by atoms with van der Waals surface area (Å²) in [6.07, 6.45) is 1.00. The Kier molecular flexibility index (Phi) is 3.91. The molecule has 1 saturated heterocycles. The quantitative estimate of drug-likeness (QED) is 0.619. The Labute approximate surface area is 96.1 Å². The highest BCUT2D eigenvalue weighted by Gasteiger charge is 2.34. The van der Waals surface area contributed by atoms with Crippen LogP contribution in [-0.2, 0) is 9.59 Å². The molecule has 2 amide bonds. The summed E-state index contributed by atoms with van der Waals surface area (Å²) in [6, 6.07) is -0.392. The Morgan fingerprint density at radius 2 is 2.31 bits per heavy atom. The summed E-state index contributed by atoms with van der Waals surface area (Å²) in [6.45, 7) is 6.34. The van der Waals surface area contributed by atoms with Crippen LogP contribution in [0.25, 0.3) is 0 Å².